The van der Waals surface area contributed by atoms with Crippen LogP contribution in [0.15, 0.2) is 103 Å². The van der Waals surface area contributed by atoms with Gasteiger partial charge in [-0.15, -0.1) is 11.8 Å². The Kier molecular flexibility index (Phi) is 8.26. The van der Waals surface area contributed by atoms with E-state index in [9.17, 15) is 9.59 Å². The lowest BCUT2D eigenvalue weighted by Crippen LogP contribution is -2.47. The standard InChI is InChI=1S/C30H26ClN3O3S/c31-24-13-9-22(10-14-24)29(36)34-27(28(35)33-18-25-8-4-5-17-32-25)20-38-30(34)23-11-15-26(16-12-23)37-19-21-6-2-1-3-7-21/h1-17,27,30H,18-20H2,(H,33,35). The van der Waals surface area contributed by atoms with E-state index in [1.165, 1.54) is 0 Å². The third kappa shape index (κ3) is 6.18. The summed E-state index contributed by atoms with van der Waals surface area (Å²) in [5.41, 5.74) is 3.24. The van der Waals surface area contributed by atoms with Gasteiger partial charge in [-0.3, -0.25) is 14.6 Å². The van der Waals surface area contributed by atoms with E-state index in [-0.39, 0.29) is 17.2 Å². The molecule has 6 nitrogen and oxygen atoms in total. The number of ether oxygens (including phenoxy) is 1. The predicted octanol–water partition coefficient (Wildman–Crippen LogP) is 5.89. The maximum atomic E-state index is 13.7. The van der Waals surface area contributed by atoms with Gasteiger partial charge in [0.2, 0.25) is 5.91 Å². The van der Waals surface area contributed by atoms with Gasteiger partial charge in [0.25, 0.3) is 5.91 Å². The van der Waals surface area contributed by atoms with Crippen molar-refractivity contribution in [1.29, 1.82) is 0 Å². The number of pyridine rings is 1. The van der Waals surface area contributed by atoms with Gasteiger partial charge < -0.3 is 15.0 Å². The molecule has 1 aliphatic rings. The molecule has 0 radical (unpaired) electrons. The van der Waals surface area contributed by atoms with Crippen LogP contribution in [0.1, 0.15) is 32.6 Å². The molecule has 1 aromatic heterocycles. The lowest BCUT2D eigenvalue weighted by molar-refractivity contribution is -0.125. The summed E-state index contributed by atoms with van der Waals surface area (Å²) in [4.78, 5) is 32.9. The average Bonchev–Trinajstić information content (AvgIpc) is 3.41. The monoisotopic (exact) mass is 543 g/mol. The Morgan fingerprint density at radius 2 is 1.68 bits per heavy atom. The number of amides is 2. The van der Waals surface area contributed by atoms with E-state index in [4.69, 9.17) is 16.3 Å². The SMILES string of the molecule is O=C(NCc1ccccn1)C1CSC(c2ccc(OCc3ccccc3)cc2)N1C(=O)c1ccc(Cl)cc1. The highest BCUT2D eigenvalue weighted by atomic mass is 35.5. The topological polar surface area (TPSA) is 71.5 Å². The van der Waals surface area contributed by atoms with Crippen LogP contribution in [0.5, 0.6) is 5.75 Å². The van der Waals surface area contributed by atoms with E-state index in [0.29, 0.717) is 29.5 Å². The molecule has 2 atom stereocenters. The van der Waals surface area contributed by atoms with E-state index in [1.54, 1.807) is 47.1 Å². The zero-order valence-electron chi connectivity index (χ0n) is 20.5. The summed E-state index contributed by atoms with van der Waals surface area (Å²) in [5.74, 6) is 0.778. The van der Waals surface area contributed by atoms with Crippen LogP contribution in [0.2, 0.25) is 5.02 Å². The van der Waals surface area contributed by atoms with Gasteiger partial charge in [0.15, 0.2) is 0 Å². The Bertz CT molecular complexity index is 1370. The smallest absolute Gasteiger partial charge is 0.255 e. The van der Waals surface area contributed by atoms with Crippen LogP contribution in [0.4, 0.5) is 0 Å². The van der Waals surface area contributed by atoms with Crippen LogP contribution in [0.3, 0.4) is 0 Å². The number of halogens is 1. The van der Waals surface area contributed by atoms with Crippen molar-refractivity contribution in [1.82, 2.24) is 15.2 Å². The number of hydrogen-bond acceptors (Lipinski definition) is 5. The van der Waals surface area contributed by atoms with E-state index < -0.39 is 6.04 Å². The van der Waals surface area contributed by atoms with Crippen LogP contribution >= 0.6 is 23.4 Å². The molecule has 192 valence electrons. The molecule has 5 rings (SSSR count). The minimum Gasteiger partial charge on any atom is -0.489 e. The zero-order valence-corrected chi connectivity index (χ0v) is 22.1. The molecule has 0 spiro atoms. The Morgan fingerprint density at radius 1 is 0.947 bits per heavy atom. The highest BCUT2D eigenvalue weighted by Gasteiger charge is 2.42. The Balaban J connectivity index is 1.34. The van der Waals surface area contributed by atoms with Crippen LogP contribution in [-0.4, -0.2) is 33.5 Å². The number of thioether (sulfide) groups is 1. The van der Waals surface area contributed by atoms with Gasteiger partial charge >= 0.3 is 0 Å². The third-order valence-electron chi connectivity index (χ3n) is 6.21. The van der Waals surface area contributed by atoms with Gasteiger partial charge in [0, 0.05) is 22.5 Å². The van der Waals surface area contributed by atoms with Crippen molar-refractivity contribution in [3.05, 3.63) is 131 Å². The Labute approximate surface area is 231 Å². The van der Waals surface area contributed by atoms with Gasteiger partial charge in [0.1, 0.15) is 23.8 Å². The van der Waals surface area contributed by atoms with Gasteiger partial charge in [0.05, 0.1) is 12.2 Å². The second kappa shape index (κ2) is 12.2. The molecule has 2 amide bonds. The summed E-state index contributed by atoms with van der Waals surface area (Å²) in [6, 6.07) is 29.3. The Hall–Kier alpha value is -3.81. The van der Waals surface area contributed by atoms with Crippen LogP contribution in [-0.2, 0) is 17.9 Å². The fraction of sp³-hybridized carbons (Fsp3) is 0.167. The number of hydrogen-bond donors (Lipinski definition) is 1. The summed E-state index contributed by atoms with van der Waals surface area (Å²) < 4.78 is 5.93. The minimum atomic E-state index is -0.633. The Morgan fingerprint density at radius 3 is 2.39 bits per heavy atom. The second-order valence-corrected chi connectivity index (χ2v) is 10.4. The van der Waals surface area contributed by atoms with E-state index in [2.05, 4.69) is 10.3 Å². The summed E-state index contributed by atoms with van der Waals surface area (Å²) in [7, 11) is 0. The fourth-order valence-electron chi connectivity index (χ4n) is 4.22. The molecule has 1 aliphatic heterocycles. The number of rotatable bonds is 8. The van der Waals surface area contributed by atoms with Gasteiger partial charge in [-0.2, -0.15) is 0 Å². The molecule has 2 unspecified atom stereocenters. The molecular weight excluding hydrogens is 518 g/mol. The van der Waals surface area contributed by atoms with Crippen molar-refractivity contribution >= 4 is 35.2 Å². The van der Waals surface area contributed by atoms with Crippen LogP contribution in [0, 0.1) is 0 Å². The van der Waals surface area contributed by atoms with E-state index in [1.807, 2.05) is 72.8 Å². The van der Waals surface area contributed by atoms with Gasteiger partial charge in [-0.25, -0.2) is 0 Å². The lowest BCUT2D eigenvalue weighted by Gasteiger charge is -2.29. The average molecular weight is 544 g/mol. The highest BCUT2D eigenvalue weighted by Crippen LogP contribution is 2.42. The van der Waals surface area contributed by atoms with Crippen LogP contribution < -0.4 is 10.1 Å². The van der Waals surface area contributed by atoms with Crippen molar-refractivity contribution in [2.24, 2.45) is 0 Å². The molecule has 1 N–H and O–H groups in total. The third-order valence-corrected chi connectivity index (χ3v) is 7.79. The molecule has 2 heterocycles. The van der Waals surface area contributed by atoms with Crippen molar-refractivity contribution in [2.45, 2.75) is 24.6 Å². The first kappa shape index (κ1) is 25.8. The molecule has 8 heteroatoms. The molecule has 0 saturated carbocycles. The fourth-order valence-corrected chi connectivity index (χ4v) is 5.78. The number of aromatic nitrogens is 1. The lowest BCUT2D eigenvalue weighted by atomic mass is 10.1. The first-order valence-corrected chi connectivity index (χ1v) is 13.7. The molecule has 1 saturated heterocycles. The number of benzene rings is 3. The number of carbonyl (C=O) groups excluding carboxylic acids is 2. The van der Waals surface area contributed by atoms with Crippen molar-refractivity contribution in [2.75, 3.05) is 5.75 Å². The van der Waals surface area contributed by atoms with Crippen LogP contribution in [0.25, 0.3) is 0 Å². The van der Waals surface area contributed by atoms with Gasteiger partial charge in [-0.05, 0) is 59.7 Å². The molecule has 3 aromatic carbocycles. The second-order valence-electron chi connectivity index (χ2n) is 8.80. The molecule has 38 heavy (non-hydrogen) atoms. The van der Waals surface area contributed by atoms with Crippen molar-refractivity contribution in [3.8, 4) is 5.75 Å². The van der Waals surface area contributed by atoms with E-state index >= 15 is 0 Å². The number of nitrogens with zero attached hydrogens (tertiary/aromatic N) is 2. The highest BCUT2D eigenvalue weighted by molar-refractivity contribution is 7.99. The molecule has 0 aliphatic carbocycles. The van der Waals surface area contributed by atoms with Crippen molar-refractivity contribution < 1.29 is 14.3 Å². The predicted molar refractivity (Wildman–Crippen MR) is 150 cm³/mol. The maximum absolute atomic E-state index is 13.7. The minimum absolute atomic E-state index is 0.212. The quantitative estimate of drug-likeness (QED) is 0.300. The maximum Gasteiger partial charge on any atom is 0.255 e. The normalized spacial score (nSPS) is 16.7. The largest absolute Gasteiger partial charge is 0.489 e. The molecule has 0 bridgehead atoms. The summed E-state index contributed by atoms with van der Waals surface area (Å²) in [6.45, 7) is 0.764. The zero-order chi connectivity index (χ0) is 26.3. The first-order chi connectivity index (χ1) is 18.6. The molecule has 4 aromatic rings. The van der Waals surface area contributed by atoms with E-state index in [0.717, 1.165) is 22.6 Å². The summed E-state index contributed by atoms with van der Waals surface area (Å²) in [5, 5.41) is 3.17. The summed E-state index contributed by atoms with van der Waals surface area (Å²) >= 11 is 7.61. The number of carbonyl (C=O) groups is 2. The molecular formula is C30H26ClN3O3S. The van der Waals surface area contributed by atoms with Gasteiger partial charge in [-0.1, -0.05) is 60.1 Å². The number of nitrogens with one attached hydrogen (secondary N) is 1. The molecule has 1 fully saturated rings. The van der Waals surface area contributed by atoms with Crippen molar-refractivity contribution in [3.63, 3.8) is 0 Å². The first-order valence-electron chi connectivity index (χ1n) is 12.2. The summed E-state index contributed by atoms with van der Waals surface area (Å²) in [6.07, 6.45) is 1.69.